The number of aromatic nitrogens is 2. The maximum absolute atomic E-state index is 12.1. The average Bonchev–Trinajstić information content (AvgIpc) is 2.35. The van der Waals surface area contributed by atoms with Crippen LogP contribution in [0.3, 0.4) is 0 Å². The molecule has 0 atom stereocenters. The number of carboxylic acid groups (broad SMARTS) is 1. The molecule has 0 amide bonds. The van der Waals surface area contributed by atoms with Gasteiger partial charge < -0.3 is 10.1 Å². The number of carboxylic acids is 1. The quantitative estimate of drug-likeness (QED) is 0.870. The number of H-pyrrole nitrogens is 1. The average molecular weight is 281 g/mol. The Morgan fingerprint density at radius 3 is 2.47 bits per heavy atom. The molecule has 0 bridgehead atoms. The van der Waals surface area contributed by atoms with Crippen molar-refractivity contribution in [2.45, 2.75) is 6.42 Å². The van der Waals surface area contributed by atoms with Gasteiger partial charge in [-0.1, -0.05) is 11.6 Å². The van der Waals surface area contributed by atoms with Gasteiger partial charge >= 0.3 is 11.7 Å². The zero-order valence-corrected chi connectivity index (χ0v) is 10.3. The van der Waals surface area contributed by atoms with Crippen molar-refractivity contribution in [1.29, 1.82) is 0 Å². The van der Waals surface area contributed by atoms with Crippen molar-refractivity contribution in [3.8, 4) is 5.69 Å². The summed E-state index contributed by atoms with van der Waals surface area (Å²) in [6, 6.07) is 6.08. The Morgan fingerprint density at radius 1 is 1.26 bits per heavy atom. The fraction of sp³-hybridized carbons (Fsp3) is 0.0833. The van der Waals surface area contributed by atoms with E-state index in [-0.39, 0.29) is 5.56 Å². The van der Waals surface area contributed by atoms with Gasteiger partial charge in [0, 0.05) is 16.8 Å². The summed E-state index contributed by atoms with van der Waals surface area (Å²) >= 11 is 5.73. The molecule has 2 aromatic rings. The number of aliphatic carboxylic acids is 1. The van der Waals surface area contributed by atoms with Gasteiger partial charge in [0.1, 0.15) is 0 Å². The van der Waals surface area contributed by atoms with Gasteiger partial charge in [-0.2, -0.15) is 0 Å². The van der Waals surface area contributed by atoms with Crippen molar-refractivity contribution in [2.24, 2.45) is 0 Å². The second-order valence-corrected chi connectivity index (χ2v) is 4.24. The van der Waals surface area contributed by atoms with Gasteiger partial charge in [0.15, 0.2) is 0 Å². The maximum atomic E-state index is 12.1. The molecule has 0 fully saturated rings. The lowest BCUT2D eigenvalue weighted by Crippen LogP contribution is -2.36. The Morgan fingerprint density at radius 2 is 1.89 bits per heavy atom. The monoisotopic (exact) mass is 280 g/mol. The van der Waals surface area contributed by atoms with Gasteiger partial charge in [0.05, 0.1) is 12.1 Å². The number of nitrogens with one attached hydrogen (secondary N) is 1. The van der Waals surface area contributed by atoms with Crippen molar-refractivity contribution in [1.82, 2.24) is 9.55 Å². The second-order valence-electron chi connectivity index (χ2n) is 3.81. The van der Waals surface area contributed by atoms with Gasteiger partial charge in [-0.15, -0.1) is 0 Å². The molecule has 0 unspecified atom stereocenters. The van der Waals surface area contributed by atoms with E-state index in [9.17, 15) is 14.4 Å². The van der Waals surface area contributed by atoms with Crippen LogP contribution in [0.4, 0.5) is 0 Å². The fourth-order valence-electron chi connectivity index (χ4n) is 1.63. The lowest BCUT2D eigenvalue weighted by Gasteiger charge is -2.06. The first kappa shape index (κ1) is 13.1. The maximum Gasteiger partial charge on any atom is 0.332 e. The molecular weight excluding hydrogens is 272 g/mol. The third kappa shape index (κ3) is 2.74. The molecule has 19 heavy (non-hydrogen) atoms. The van der Waals surface area contributed by atoms with Crippen LogP contribution in [0.15, 0.2) is 40.1 Å². The lowest BCUT2D eigenvalue weighted by molar-refractivity contribution is -0.136. The highest BCUT2D eigenvalue weighted by Crippen LogP contribution is 2.10. The van der Waals surface area contributed by atoms with Gasteiger partial charge in [0.25, 0.3) is 5.56 Å². The van der Waals surface area contributed by atoms with Crippen LogP contribution in [0.25, 0.3) is 5.69 Å². The summed E-state index contributed by atoms with van der Waals surface area (Å²) in [5.41, 5.74) is -0.972. The standard InChI is InChI=1S/C12H9ClN2O4/c13-8-1-3-9(4-2-8)15-11(18)7(5-10(16)17)6-14-12(15)19/h1-4,6H,5H2,(H,14,19)(H,16,17). The molecule has 0 radical (unpaired) electrons. The molecule has 0 saturated heterocycles. The fourth-order valence-corrected chi connectivity index (χ4v) is 1.75. The first-order valence-electron chi connectivity index (χ1n) is 5.30. The highest BCUT2D eigenvalue weighted by atomic mass is 35.5. The summed E-state index contributed by atoms with van der Waals surface area (Å²) in [6.45, 7) is 0. The van der Waals surface area contributed by atoms with Gasteiger partial charge in [-0.3, -0.25) is 9.59 Å². The Balaban J connectivity index is 2.63. The van der Waals surface area contributed by atoms with E-state index in [0.29, 0.717) is 10.7 Å². The van der Waals surface area contributed by atoms with Crippen LogP contribution in [0.1, 0.15) is 5.56 Å². The molecule has 0 saturated carbocycles. The lowest BCUT2D eigenvalue weighted by atomic mass is 10.2. The van der Waals surface area contributed by atoms with Crippen molar-refractivity contribution < 1.29 is 9.90 Å². The van der Waals surface area contributed by atoms with Gasteiger partial charge in [0.2, 0.25) is 0 Å². The predicted molar refractivity (Wildman–Crippen MR) is 69.0 cm³/mol. The molecule has 2 N–H and O–H groups in total. The summed E-state index contributed by atoms with van der Waals surface area (Å²) in [5, 5.41) is 9.17. The highest BCUT2D eigenvalue weighted by molar-refractivity contribution is 6.30. The van der Waals surface area contributed by atoms with Crippen LogP contribution in [0.5, 0.6) is 0 Å². The van der Waals surface area contributed by atoms with E-state index in [1.807, 2.05) is 0 Å². The number of hydrogen-bond acceptors (Lipinski definition) is 3. The van der Waals surface area contributed by atoms with Crippen LogP contribution in [-0.2, 0) is 11.2 Å². The largest absolute Gasteiger partial charge is 0.481 e. The molecule has 0 spiro atoms. The summed E-state index contributed by atoms with van der Waals surface area (Å²) < 4.78 is 0.870. The summed E-state index contributed by atoms with van der Waals surface area (Å²) in [5.74, 6) is -1.15. The Hall–Kier alpha value is -2.34. The topological polar surface area (TPSA) is 92.2 Å². The van der Waals surface area contributed by atoms with Gasteiger partial charge in [-0.05, 0) is 24.3 Å². The Kier molecular flexibility index (Phi) is 3.52. The molecule has 0 aliphatic heterocycles. The van der Waals surface area contributed by atoms with Gasteiger partial charge in [-0.25, -0.2) is 9.36 Å². The molecule has 0 aliphatic rings. The smallest absolute Gasteiger partial charge is 0.332 e. The molecule has 7 heteroatoms. The van der Waals surface area contributed by atoms with E-state index in [4.69, 9.17) is 16.7 Å². The molecule has 1 heterocycles. The number of benzene rings is 1. The number of nitrogens with zero attached hydrogens (tertiary/aromatic N) is 1. The third-order valence-electron chi connectivity index (χ3n) is 2.48. The first-order valence-corrected chi connectivity index (χ1v) is 5.68. The minimum atomic E-state index is -1.15. The highest BCUT2D eigenvalue weighted by Gasteiger charge is 2.11. The number of aromatic amines is 1. The third-order valence-corrected chi connectivity index (χ3v) is 2.73. The predicted octanol–water partition coefficient (Wildman–Crippen LogP) is 0.806. The summed E-state index contributed by atoms with van der Waals surface area (Å²) in [6.07, 6.45) is 0.661. The normalized spacial score (nSPS) is 10.4. The first-order chi connectivity index (χ1) is 8.99. The molecule has 98 valence electrons. The molecular formula is C12H9ClN2O4. The van der Waals surface area contributed by atoms with Crippen molar-refractivity contribution in [3.63, 3.8) is 0 Å². The van der Waals surface area contributed by atoms with Crippen molar-refractivity contribution in [3.05, 3.63) is 61.9 Å². The summed E-state index contributed by atoms with van der Waals surface area (Å²) in [4.78, 5) is 36.7. The Labute approximate surface area is 111 Å². The number of halogens is 1. The van der Waals surface area contributed by atoms with Crippen LogP contribution >= 0.6 is 11.6 Å². The molecule has 2 rings (SSSR count). The van der Waals surface area contributed by atoms with E-state index in [0.717, 1.165) is 10.8 Å². The van der Waals surface area contributed by atoms with Crippen LogP contribution in [0.2, 0.25) is 5.02 Å². The van der Waals surface area contributed by atoms with Crippen molar-refractivity contribution >= 4 is 17.6 Å². The number of hydrogen-bond donors (Lipinski definition) is 2. The van der Waals surface area contributed by atoms with E-state index >= 15 is 0 Å². The zero-order valence-electron chi connectivity index (χ0n) is 9.59. The van der Waals surface area contributed by atoms with E-state index in [1.54, 1.807) is 0 Å². The molecule has 1 aromatic carbocycles. The van der Waals surface area contributed by atoms with Crippen LogP contribution in [-0.4, -0.2) is 20.6 Å². The summed E-state index contributed by atoms with van der Waals surface area (Å²) in [7, 11) is 0. The molecule has 0 aliphatic carbocycles. The Bertz CT molecular complexity index is 731. The minimum Gasteiger partial charge on any atom is -0.481 e. The minimum absolute atomic E-state index is 0.00190. The van der Waals surface area contributed by atoms with E-state index < -0.39 is 23.6 Å². The van der Waals surface area contributed by atoms with E-state index in [2.05, 4.69) is 4.98 Å². The van der Waals surface area contributed by atoms with E-state index in [1.165, 1.54) is 24.3 Å². The second kappa shape index (κ2) is 5.11. The zero-order chi connectivity index (χ0) is 14.0. The molecule has 1 aromatic heterocycles. The SMILES string of the molecule is O=C(O)Cc1c[nH]c(=O)n(-c2ccc(Cl)cc2)c1=O. The van der Waals surface area contributed by atoms with Crippen LogP contribution < -0.4 is 11.2 Å². The van der Waals surface area contributed by atoms with Crippen LogP contribution in [0, 0.1) is 0 Å². The van der Waals surface area contributed by atoms with Crippen molar-refractivity contribution in [2.75, 3.05) is 0 Å². The molecule has 6 nitrogen and oxygen atoms in total. The number of rotatable bonds is 3. The number of carbonyl (C=O) groups is 1.